The van der Waals surface area contributed by atoms with Crippen LogP contribution in [0, 0.1) is 0 Å². The number of ether oxygens (including phenoxy) is 1. The average Bonchev–Trinajstić information content (AvgIpc) is 2.25. The summed E-state index contributed by atoms with van der Waals surface area (Å²) in [6, 6.07) is -0.537. The van der Waals surface area contributed by atoms with Gasteiger partial charge in [0, 0.05) is 19.8 Å². The standard InChI is InChI=1S/C11H22N2O4/c1-5-11(3,9(14)15)13-10(16)12-8(2)6-7-17-4/h8H,5-7H2,1-4H3,(H,14,15)(H2,12,13,16). The van der Waals surface area contributed by atoms with Gasteiger partial charge in [0.25, 0.3) is 0 Å². The molecule has 0 aromatic carbocycles. The van der Waals surface area contributed by atoms with Crippen LogP contribution in [0.3, 0.4) is 0 Å². The number of urea groups is 1. The van der Waals surface area contributed by atoms with Gasteiger partial charge in [-0.25, -0.2) is 9.59 Å². The van der Waals surface area contributed by atoms with Crippen LogP contribution >= 0.6 is 0 Å². The summed E-state index contributed by atoms with van der Waals surface area (Å²) in [5, 5.41) is 14.1. The van der Waals surface area contributed by atoms with Crippen molar-refractivity contribution < 1.29 is 19.4 Å². The maximum absolute atomic E-state index is 11.6. The van der Waals surface area contributed by atoms with Crippen LogP contribution in [-0.2, 0) is 9.53 Å². The van der Waals surface area contributed by atoms with E-state index in [1.807, 2.05) is 6.92 Å². The lowest BCUT2D eigenvalue weighted by Gasteiger charge is -2.25. The Labute approximate surface area is 102 Å². The van der Waals surface area contributed by atoms with E-state index >= 15 is 0 Å². The van der Waals surface area contributed by atoms with Gasteiger partial charge in [0.2, 0.25) is 0 Å². The number of amides is 2. The molecule has 0 aromatic rings. The molecule has 0 radical (unpaired) electrons. The summed E-state index contributed by atoms with van der Waals surface area (Å²) in [5.74, 6) is -1.04. The zero-order valence-electron chi connectivity index (χ0n) is 10.9. The molecule has 0 saturated heterocycles. The summed E-state index contributed by atoms with van der Waals surface area (Å²) in [6.45, 7) is 5.57. The van der Waals surface area contributed by atoms with E-state index in [4.69, 9.17) is 9.84 Å². The third-order valence-electron chi connectivity index (χ3n) is 2.70. The predicted molar refractivity (Wildman–Crippen MR) is 64.0 cm³/mol. The zero-order valence-corrected chi connectivity index (χ0v) is 10.9. The lowest BCUT2D eigenvalue weighted by atomic mass is 10.00. The Morgan fingerprint density at radius 3 is 2.47 bits per heavy atom. The van der Waals surface area contributed by atoms with E-state index in [0.717, 1.165) is 0 Å². The predicted octanol–water partition coefficient (Wildman–Crippen LogP) is 0.964. The van der Waals surface area contributed by atoms with Gasteiger partial charge in [0.05, 0.1) is 0 Å². The summed E-state index contributed by atoms with van der Waals surface area (Å²) in [4.78, 5) is 22.6. The minimum atomic E-state index is -1.23. The molecule has 2 unspecified atom stereocenters. The van der Waals surface area contributed by atoms with Gasteiger partial charge in [-0.1, -0.05) is 6.92 Å². The summed E-state index contributed by atoms with van der Waals surface area (Å²) >= 11 is 0. The van der Waals surface area contributed by atoms with E-state index in [1.165, 1.54) is 6.92 Å². The van der Waals surface area contributed by atoms with Gasteiger partial charge in [0.1, 0.15) is 5.54 Å². The highest BCUT2D eigenvalue weighted by molar-refractivity contribution is 5.85. The van der Waals surface area contributed by atoms with Crippen LogP contribution in [0.1, 0.15) is 33.6 Å². The molecule has 0 aliphatic carbocycles. The second kappa shape index (κ2) is 7.11. The van der Waals surface area contributed by atoms with Crippen molar-refractivity contribution in [1.29, 1.82) is 0 Å². The normalized spacial score (nSPS) is 15.8. The molecule has 100 valence electrons. The number of aliphatic carboxylic acids is 1. The molecule has 0 aromatic heterocycles. The molecular formula is C11H22N2O4. The second-order valence-electron chi connectivity index (χ2n) is 4.27. The lowest BCUT2D eigenvalue weighted by Crippen LogP contribution is -2.56. The van der Waals surface area contributed by atoms with Crippen LogP contribution in [-0.4, -0.2) is 42.4 Å². The first-order valence-electron chi connectivity index (χ1n) is 5.66. The molecule has 2 amide bonds. The van der Waals surface area contributed by atoms with Crippen molar-refractivity contribution in [3.05, 3.63) is 0 Å². The highest BCUT2D eigenvalue weighted by atomic mass is 16.5. The minimum absolute atomic E-state index is 0.0650. The van der Waals surface area contributed by atoms with Crippen LogP contribution in [0.15, 0.2) is 0 Å². The van der Waals surface area contributed by atoms with Gasteiger partial charge in [0.15, 0.2) is 0 Å². The largest absolute Gasteiger partial charge is 0.480 e. The fourth-order valence-corrected chi connectivity index (χ4v) is 1.17. The molecular weight excluding hydrogens is 224 g/mol. The molecule has 0 aliphatic heterocycles. The summed E-state index contributed by atoms with van der Waals surface area (Å²) in [7, 11) is 1.59. The van der Waals surface area contributed by atoms with Crippen molar-refractivity contribution >= 4 is 12.0 Å². The van der Waals surface area contributed by atoms with Gasteiger partial charge in [-0.3, -0.25) is 0 Å². The van der Waals surface area contributed by atoms with Crippen LogP contribution in [0.25, 0.3) is 0 Å². The first-order valence-corrected chi connectivity index (χ1v) is 5.66. The molecule has 0 aliphatic rings. The number of carboxylic acids is 1. The van der Waals surface area contributed by atoms with Crippen molar-refractivity contribution in [2.24, 2.45) is 0 Å². The van der Waals surface area contributed by atoms with E-state index in [9.17, 15) is 9.59 Å². The maximum atomic E-state index is 11.6. The molecule has 0 bridgehead atoms. The first kappa shape index (κ1) is 15.7. The quantitative estimate of drug-likeness (QED) is 0.624. The van der Waals surface area contributed by atoms with Gasteiger partial charge < -0.3 is 20.5 Å². The number of carbonyl (C=O) groups excluding carboxylic acids is 1. The molecule has 0 saturated carbocycles. The number of carbonyl (C=O) groups is 2. The number of hydrogen-bond acceptors (Lipinski definition) is 3. The maximum Gasteiger partial charge on any atom is 0.329 e. The Morgan fingerprint density at radius 1 is 1.47 bits per heavy atom. The van der Waals surface area contributed by atoms with Gasteiger partial charge in [-0.05, 0) is 26.7 Å². The van der Waals surface area contributed by atoms with Crippen LogP contribution in [0.2, 0.25) is 0 Å². The number of rotatable bonds is 7. The van der Waals surface area contributed by atoms with E-state index in [1.54, 1.807) is 14.0 Å². The summed E-state index contributed by atoms with van der Waals surface area (Å²) in [5.41, 5.74) is -1.23. The van der Waals surface area contributed by atoms with Crippen molar-refractivity contribution in [1.82, 2.24) is 10.6 Å². The Kier molecular flexibility index (Phi) is 6.57. The van der Waals surface area contributed by atoms with Crippen LogP contribution in [0.4, 0.5) is 4.79 Å². The number of hydrogen-bond donors (Lipinski definition) is 3. The Balaban J connectivity index is 4.20. The van der Waals surface area contributed by atoms with Crippen LogP contribution < -0.4 is 10.6 Å². The van der Waals surface area contributed by atoms with Gasteiger partial charge in [-0.15, -0.1) is 0 Å². The van der Waals surface area contributed by atoms with E-state index in [2.05, 4.69) is 10.6 Å². The molecule has 0 fully saturated rings. The van der Waals surface area contributed by atoms with Gasteiger partial charge >= 0.3 is 12.0 Å². The fraction of sp³-hybridized carbons (Fsp3) is 0.818. The highest BCUT2D eigenvalue weighted by Gasteiger charge is 2.32. The summed E-state index contributed by atoms with van der Waals surface area (Å²) < 4.78 is 4.89. The van der Waals surface area contributed by atoms with Crippen LogP contribution in [0.5, 0.6) is 0 Å². The summed E-state index contributed by atoms with van der Waals surface area (Å²) in [6.07, 6.45) is 1.00. The third-order valence-corrected chi connectivity index (χ3v) is 2.70. The van der Waals surface area contributed by atoms with Crippen molar-refractivity contribution in [3.8, 4) is 0 Å². The first-order chi connectivity index (χ1) is 7.85. The lowest BCUT2D eigenvalue weighted by molar-refractivity contribution is -0.143. The molecule has 2 atom stereocenters. The Hall–Kier alpha value is -1.30. The van der Waals surface area contributed by atoms with E-state index in [-0.39, 0.29) is 6.04 Å². The zero-order chi connectivity index (χ0) is 13.5. The molecule has 0 spiro atoms. The van der Waals surface area contributed by atoms with Crippen molar-refractivity contribution in [2.75, 3.05) is 13.7 Å². The Bertz CT molecular complexity index is 270. The Morgan fingerprint density at radius 2 is 2.06 bits per heavy atom. The SMILES string of the molecule is CCC(C)(NC(=O)NC(C)CCOC)C(=O)O. The van der Waals surface area contributed by atoms with Gasteiger partial charge in [-0.2, -0.15) is 0 Å². The van der Waals surface area contributed by atoms with Crippen molar-refractivity contribution in [3.63, 3.8) is 0 Å². The van der Waals surface area contributed by atoms with E-state index < -0.39 is 17.5 Å². The molecule has 0 rings (SSSR count). The molecule has 17 heavy (non-hydrogen) atoms. The third kappa shape index (κ3) is 5.53. The minimum Gasteiger partial charge on any atom is -0.480 e. The topological polar surface area (TPSA) is 87.7 Å². The monoisotopic (exact) mass is 246 g/mol. The number of methoxy groups -OCH3 is 1. The molecule has 3 N–H and O–H groups in total. The van der Waals surface area contributed by atoms with E-state index in [0.29, 0.717) is 19.4 Å². The molecule has 0 heterocycles. The average molecular weight is 246 g/mol. The van der Waals surface area contributed by atoms with Crippen molar-refractivity contribution in [2.45, 2.75) is 45.2 Å². The number of nitrogens with one attached hydrogen (secondary N) is 2. The molecule has 6 nitrogen and oxygen atoms in total. The number of carboxylic acid groups (broad SMARTS) is 1. The fourth-order valence-electron chi connectivity index (χ4n) is 1.17. The second-order valence-corrected chi connectivity index (χ2v) is 4.27. The highest BCUT2D eigenvalue weighted by Crippen LogP contribution is 2.08. The smallest absolute Gasteiger partial charge is 0.329 e. The molecule has 6 heteroatoms.